The van der Waals surface area contributed by atoms with Crippen molar-refractivity contribution in [3.05, 3.63) is 59.4 Å². The van der Waals surface area contributed by atoms with E-state index in [1.165, 1.54) is 5.56 Å². The quantitative estimate of drug-likeness (QED) is 0.536. The predicted octanol–water partition coefficient (Wildman–Crippen LogP) is 4.05. The minimum atomic E-state index is -0.351. The Bertz CT molecular complexity index is 797. The zero-order chi connectivity index (χ0) is 19.3. The fourth-order valence-corrected chi connectivity index (χ4v) is 3.55. The van der Waals surface area contributed by atoms with Gasteiger partial charge in [-0.1, -0.05) is 30.3 Å². The first kappa shape index (κ1) is 19.2. The van der Waals surface area contributed by atoms with Crippen LogP contribution in [0.3, 0.4) is 0 Å². The van der Waals surface area contributed by atoms with Gasteiger partial charge in [0.05, 0.1) is 11.2 Å². The Hall–Kier alpha value is -2.56. The van der Waals surface area contributed by atoms with E-state index in [9.17, 15) is 9.59 Å². The number of aromatic nitrogens is 1. The van der Waals surface area contributed by atoms with Gasteiger partial charge in [0.15, 0.2) is 5.78 Å². The second-order valence-corrected chi connectivity index (χ2v) is 7.65. The Kier molecular flexibility index (Phi) is 5.99. The molecule has 1 atom stereocenters. The molecular formula is C22H28N2O3. The van der Waals surface area contributed by atoms with Gasteiger partial charge in [-0.25, -0.2) is 4.79 Å². The van der Waals surface area contributed by atoms with Crippen molar-refractivity contribution < 1.29 is 14.3 Å². The van der Waals surface area contributed by atoms with Gasteiger partial charge in [-0.3, -0.25) is 4.79 Å². The molecule has 1 amide bonds. The lowest BCUT2D eigenvalue weighted by Gasteiger charge is -2.20. The van der Waals surface area contributed by atoms with Crippen molar-refractivity contribution in [1.29, 1.82) is 0 Å². The summed E-state index contributed by atoms with van der Waals surface area (Å²) in [6, 6.07) is 14.3. The van der Waals surface area contributed by atoms with Crippen molar-refractivity contribution in [3.8, 4) is 0 Å². The van der Waals surface area contributed by atoms with Crippen molar-refractivity contribution in [3.63, 3.8) is 0 Å². The van der Waals surface area contributed by atoms with Crippen LogP contribution in [0.5, 0.6) is 0 Å². The van der Waals surface area contributed by atoms with Crippen LogP contribution in [0.4, 0.5) is 4.79 Å². The smallest absolute Gasteiger partial charge is 0.407 e. The molecule has 1 aromatic carbocycles. The number of nitrogens with zero attached hydrogens (tertiary/aromatic N) is 1. The third-order valence-corrected chi connectivity index (χ3v) is 5.33. The van der Waals surface area contributed by atoms with Gasteiger partial charge >= 0.3 is 6.09 Å². The molecule has 0 radical (unpaired) electrons. The molecule has 5 nitrogen and oxygen atoms in total. The lowest BCUT2D eigenvalue weighted by Crippen LogP contribution is -2.40. The number of alkyl carbamates (subject to hydrolysis) is 1. The largest absolute Gasteiger partial charge is 0.447 e. The fourth-order valence-electron chi connectivity index (χ4n) is 3.55. The normalized spacial score (nSPS) is 19.0. The Balaban J connectivity index is 1.47. The van der Waals surface area contributed by atoms with E-state index in [-0.39, 0.29) is 17.4 Å². The molecule has 1 aliphatic rings. The summed E-state index contributed by atoms with van der Waals surface area (Å²) < 4.78 is 6.99. The zero-order valence-corrected chi connectivity index (χ0v) is 16.2. The number of carbonyl (C=O) groups excluding carboxylic acids is 2. The molecule has 1 fully saturated rings. The molecule has 1 aromatic heterocycles. The highest BCUT2D eigenvalue weighted by atomic mass is 16.6. The van der Waals surface area contributed by atoms with Crippen LogP contribution >= 0.6 is 0 Å². The molecule has 0 unspecified atom stereocenters. The lowest BCUT2D eigenvalue weighted by atomic mass is 9.97. The minimum absolute atomic E-state index is 0.195. The van der Waals surface area contributed by atoms with Gasteiger partial charge in [0.2, 0.25) is 0 Å². The van der Waals surface area contributed by atoms with E-state index in [1.807, 2.05) is 36.7 Å². The number of unbranched alkanes of at least 4 members (excludes halogenated alkanes) is 1. The number of nitrogens with one attached hydrogen (secondary N) is 1. The molecule has 2 aromatic rings. The molecule has 5 heteroatoms. The molecule has 3 rings (SSSR count). The number of ketones is 1. The molecule has 1 aliphatic heterocycles. The third-order valence-electron chi connectivity index (χ3n) is 5.33. The number of rotatable bonds is 9. The molecule has 1 saturated heterocycles. The monoisotopic (exact) mass is 368 g/mol. The van der Waals surface area contributed by atoms with Gasteiger partial charge in [-0.2, -0.15) is 0 Å². The van der Waals surface area contributed by atoms with Gasteiger partial charge in [0, 0.05) is 19.2 Å². The van der Waals surface area contributed by atoms with Crippen LogP contribution in [0.2, 0.25) is 0 Å². The second-order valence-electron chi connectivity index (χ2n) is 7.65. The number of hydrogen-bond acceptors (Lipinski definition) is 3. The molecule has 0 saturated carbocycles. The number of Topliss-reactive ketones (excluding diaryl/α,β-unsaturated/α-hetero) is 1. The molecular weight excluding hydrogens is 340 g/mol. The molecule has 2 heterocycles. The lowest BCUT2D eigenvalue weighted by molar-refractivity contribution is 0.0971. The van der Waals surface area contributed by atoms with Crippen molar-refractivity contribution >= 4 is 11.9 Å². The summed E-state index contributed by atoms with van der Waals surface area (Å²) in [5.74, 6) is 0.195. The summed E-state index contributed by atoms with van der Waals surface area (Å²) in [7, 11) is 1.94. The summed E-state index contributed by atoms with van der Waals surface area (Å²) in [5.41, 5.74) is 2.86. The van der Waals surface area contributed by atoms with Crippen molar-refractivity contribution in [2.75, 3.05) is 6.61 Å². The van der Waals surface area contributed by atoms with E-state index >= 15 is 0 Å². The van der Waals surface area contributed by atoms with E-state index in [2.05, 4.69) is 29.6 Å². The maximum Gasteiger partial charge on any atom is 0.407 e. The minimum Gasteiger partial charge on any atom is -0.447 e. The fraction of sp³-hybridized carbons (Fsp3) is 0.455. The van der Waals surface area contributed by atoms with Crippen molar-refractivity contribution in [2.45, 2.75) is 51.0 Å². The van der Waals surface area contributed by atoms with Crippen LogP contribution in [0, 0.1) is 0 Å². The number of cyclic esters (lactones) is 1. The van der Waals surface area contributed by atoms with Crippen LogP contribution in [-0.4, -0.2) is 28.6 Å². The highest BCUT2D eigenvalue weighted by molar-refractivity contribution is 5.94. The summed E-state index contributed by atoms with van der Waals surface area (Å²) >= 11 is 0. The van der Waals surface area contributed by atoms with E-state index in [0.717, 1.165) is 43.5 Å². The maximum absolute atomic E-state index is 12.6. The first-order chi connectivity index (χ1) is 13.0. The van der Waals surface area contributed by atoms with Crippen LogP contribution in [0.25, 0.3) is 0 Å². The Morgan fingerprint density at radius 2 is 1.93 bits per heavy atom. The SMILES string of the molecule is Cn1c(CC[C@]2(C)COC(=O)N2)ccc1C(=O)CCCCc1ccccc1. The average Bonchev–Trinajstić information content (AvgIpc) is 3.20. The third kappa shape index (κ3) is 5.00. The van der Waals surface area contributed by atoms with E-state index in [4.69, 9.17) is 4.74 Å². The summed E-state index contributed by atoms with van der Waals surface area (Å²) in [6.07, 6.45) is 4.72. The van der Waals surface area contributed by atoms with Crippen LogP contribution < -0.4 is 5.32 Å². The Morgan fingerprint density at radius 3 is 2.63 bits per heavy atom. The predicted molar refractivity (Wildman–Crippen MR) is 105 cm³/mol. The summed E-state index contributed by atoms with van der Waals surface area (Å²) in [6.45, 7) is 2.38. The van der Waals surface area contributed by atoms with Gasteiger partial charge in [-0.15, -0.1) is 0 Å². The van der Waals surface area contributed by atoms with Crippen molar-refractivity contribution in [2.24, 2.45) is 7.05 Å². The standard InChI is InChI=1S/C22H28N2O3/c1-22(16-27-21(26)23-22)15-14-18-12-13-19(24(18)2)20(25)11-7-6-10-17-8-4-3-5-9-17/h3-5,8-9,12-13H,6-7,10-11,14-16H2,1-2H3,(H,23,26)/t22-/m1/s1. The van der Waals surface area contributed by atoms with Gasteiger partial charge in [-0.05, 0) is 56.7 Å². The first-order valence-electron chi connectivity index (χ1n) is 9.63. The molecule has 144 valence electrons. The molecule has 27 heavy (non-hydrogen) atoms. The van der Waals surface area contributed by atoms with Gasteiger partial charge in [0.1, 0.15) is 6.61 Å². The highest BCUT2D eigenvalue weighted by Crippen LogP contribution is 2.21. The van der Waals surface area contributed by atoms with Crippen LogP contribution in [0.15, 0.2) is 42.5 Å². The molecule has 0 bridgehead atoms. The Morgan fingerprint density at radius 1 is 1.15 bits per heavy atom. The molecule has 1 N–H and O–H groups in total. The van der Waals surface area contributed by atoms with E-state index in [1.54, 1.807) is 0 Å². The van der Waals surface area contributed by atoms with E-state index < -0.39 is 0 Å². The highest BCUT2D eigenvalue weighted by Gasteiger charge is 2.34. The Labute approximate surface area is 160 Å². The summed E-state index contributed by atoms with van der Waals surface area (Å²) in [5, 5.41) is 2.86. The second kappa shape index (κ2) is 8.42. The van der Waals surface area contributed by atoms with Crippen LogP contribution in [0.1, 0.15) is 54.4 Å². The first-order valence-corrected chi connectivity index (χ1v) is 9.63. The molecule has 0 aliphatic carbocycles. The number of carbonyl (C=O) groups is 2. The van der Waals surface area contributed by atoms with Gasteiger partial charge < -0.3 is 14.6 Å². The number of hydrogen-bond donors (Lipinski definition) is 1. The zero-order valence-electron chi connectivity index (χ0n) is 16.2. The maximum atomic E-state index is 12.6. The topological polar surface area (TPSA) is 60.3 Å². The number of amides is 1. The van der Waals surface area contributed by atoms with Crippen molar-refractivity contribution in [1.82, 2.24) is 9.88 Å². The molecule has 0 spiro atoms. The van der Waals surface area contributed by atoms with E-state index in [0.29, 0.717) is 13.0 Å². The van der Waals surface area contributed by atoms with Crippen LogP contribution in [-0.2, 0) is 24.6 Å². The summed E-state index contributed by atoms with van der Waals surface area (Å²) in [4.78, 5) is 23.8. The van der Waals surface area contributed by atoms with Gasteiger partial charge in [0.25, 0.3) is 0 Å². The number of benzene rings is 1. The number of ether oxygens (including phenoxy) is 1. The number of aryl methyl sites for hydroxylation is 2. The average molecular weight is 368 g/mol.